The summed E-state index contributed by atoms with van der Waals surface area (Å²) in [6, 6.07) is 10.3. The zero-order valence-corrected chi connectivity index (χ0v) is 22.7. The Hall–Kier alpha value is -3.04. The number of likely N-dealkylation sites (tertiary alicyclic amines) is 1. The largest absolute Gasteiger partial charge is 0.496 e. The number of amides is 1. The highest BCUT2D eigenvalue weighted by molar-refractivity contribution is 9.10. The normalized spacial score (nSPS) is 16.4. The van der Waals surface area contributed by atoms with Crippen molar-refractivity contribution in [2.45, 2.75) is 52.1 Å². The van der Waals surface area contributed by atoms with E-state index in [1.54, 1.807) is 19.5 Å². The minimum absolute atomic E-state index is 0.0945. The van der Waals surface area contributed by atoms with E-state index >= 15 is 0 Å². The molecule has 0 unspecified atom stereocenters. The Morgan fingerprint density at radius 2 is 2.17 bits per heavy atom. The van der Waals surface area contributed by atoms with E-state index in [1.807, 2.05) is 49.0 Å². The van der Waals surface area contributed by atoms with Crippen LogP contribution in [0, 0.1) is 13.8 Å². The number of rotatable bonds is 9. The summed E-state index contributed by atoms with van der Waals surface area (Å²) in [5.74, 6) is 0.688. The topological polar surface area (TPSA) is 84.6 Å². The summed E-state index contributed by atoms with van der Waals surface area (Å²) in [5, 5.41) is 8.79. The number of halogens is 1. The van der Waals surface area contributed by atoms with Gasteiger partial charge in [-0.1, -0.05) is 12.5 Å². The maximum absolute atomic E-state index is 12.5. The number of pyridine rings is 1. The zero-order valence-electron chi connectivity index (χ0n) is 21.1. The molecule has 1 N–H and O–H groups in total. The molecule has 8 nitrogen and oxygen atoms in total. The van der Waals surface area contributed by atoms with Crippen molar-refractivity contribution >= 4 is 28.1 Å². The van der Waals surface area contributed by atoms with Gasteiger partial charge in [0.2, 0.25) is 5.91 Å². The molecule has 4 rings (SSSR count). The summed E-state index contributed by atoms with van der Waals surface area (Å²) in [6.45, 7) is 6.27. The number of aromatic nitrogens is 3. The van der Waals surface area contributed by atoms with E-state index in [0.29, 0.717) is 25.6 Å². The predicted octanol–water partition coefficient (Wildman–Crippen LogP) is 4.78. The van der Waals surface area contributed by atoms with E-state index in [1.165, 1.54) is 12.0 Å². The number of carbonyl (C=O) groups is 1. The van der Waals surface area contributed by atoms with E-state index in [0.717, 1.165) is 52.1 Å². The molecule has 1 saturated heterocycles. The van der Waals surface area contributed by atoms with Gasteiger partial charge in [-0.3, -0.25) is 19.4 Å². The van der Waals surface area contributed by atoms with Crippen LogP contribution in [0.1, 0.15) is 59.8 Å². The number of benzene rings is 1. The average molecular weight is 554 g/mol. The van der Waals surface area contributed by atoms with Gasteiger partial charge >= 0.3 is 0 Å². The van der Waals surface area contributed by atoms with Crippen LogP contribution in [0.25, 0.3) is 0 Å². The van der Waals surface area contributed by atoms with Gasteiger partial charge in [-0.05, 0) is 84.6 Å². The fourth-order valence-electron chi connectivity index (χ4n) is 4.68. The Morgan fingerprint density at radius 3 is 2.89 bits per heavy atom. The van der Waals surface area contributed by atoms with Crippen molar-refractivity contribution in [2.75, 3.05) is 20.2 Å². The summed E-state index contributed by atoms with van der Waals surface area (Å²) in [6.07, 6.45) is 9.25. The molecule has 1 aliphatic heterocycles. The molecule has 36 heavy (non-hydrogen) atoms. The minimum Gasteiger partial charge on any atom is -0.496 e. The van der Waals surface area contributed by atoms with Gasteiger partial charge in [0.15, 0.2) is 0 Å². The number of ether oxygens (including phenoxy) is 1. The number of nitrogens with one attached hydrogen (secondary N) is 1. The molecular weight excluding hydrogens is 520 g/mol. The van der Waals surface area contributed by atoms with Crippen LogP contribution < -0.4 is 10.2 Å². The Bertz CT molecular complexity index is 1210. The number of aryl methyl sites for hydroxylation is 1. The molecule has 1 aromatic carbocycles. The molecule has 0 aliphatic carbocycles. The minimum atomic E-state index is -0.0945. The summed E-state index contributed by atoms with van der Waals surface area (Å²) in [5.41, 5.74) is 7.76. The van der Waals surface area contributed by atoms with Gasteiger partial charge in [-0.25, -0.2) is 5.43 Å². The molecular formula is C27H33BrN6O2. The SMILES string of the molecule is COc1ccc(/C=N\NC(=O)CCN2CCCC[C@@H]2c2cccnc2)cc1Cn1nc(C)c(Br)c1C. The molecule has 0 bridgehead atoms. The number of methoxy groups -OCH3 is 1. The van der Waals surface area contributed by atoms with Crippen LogP contribution >= 0.6 is 15.9 Å². The lowest BCUT2D eigenvalue weighted by Gasteiger charge is -2.35. The lowest BCUT2D eigenvalue weighted by molar-refractivity contribution is -0.121. The third-order valence-corrected chi connectivity index (χ3v) is 7.78. The number of nitrogens with zero attached hydrogens (tertiary/aromatic N) is 5. The number of hydrogen-bond acceptors (Lipinski definition) is 6. The van der Waals surface area contributed by atoms with Crippen LogP contribution in [0.3, 0.4) is 0 Å². The maximum Gasteiger partial charge on any atom is 0.241 e. The smallest absolute Gasteiger partial charge is 0.241 e. The Kier molecular flexibility index (Phi) is 8.88. The maximum atomic E-state index is 12.5. The molecule has 1 fully saturated rings. The number of carbonyl (C=O) groups excluding carboxylic acids is 1. The van der Waals surface area contributed by atoms with Gasteiger partial charge in [0.1, 0.15) is 5.75 Å². The second-order valence-corrected chi connectivity index (χ2v) is 9.88. The average Bonchev–Trinajstić information content (AvgIpc) is 3.14. The van der Waals surface area contributed by atoms with Crippen molar-refractivity contribution in [1.29, 1.82) is 0 Å². The lowest BCUT2D eigenvalue weighted by Crippen LogP contribution is -2.36. The predicted molar refractivity (Wildman–Crippen MR) is 144 cm³/mol. The van der Waals surface area contributed by atoms with Crippen molar-refractivity contribution in [1.82, 2.24) is 25.1 Å². The third kappa shape index (κ3) is 6.39. The molecule has 2 aromatic heterocycles. The van der Waals surface area contributed by atoms with E-state index in [-0.39, 0.29) is 5.91 Å². The van der Waals surface area contributed by atoms with Gasteiger partial charge in [0.25, 0.3) is 0 Å². The second kappa shape index (κ2) is 12.3. The standard InChI is InChI=1S/C27H33BrN6O2/c1-19-27(28)20(2)34(32-19)18-23-15-21(9-10-25(23)36-3)16-30-31-26(35)11-14-33-13-5-4-8-24(33)22-7-6-12-29-17-22/h6-7,9-10,12,15-17,24H,4-5,8,11,13-14,18H2,1-3H3,(H,31,35)/b30-16-/t24-/m1/s1. The van der Waals surface area contributed by atoms with Crippen LogP contribution in [-0.2, 0) is 11.3 Å². The first-order chi connectivity index (χ1) is 17.5. The van der Waals surface area contributed by atoms with E-state index < -0.39 is 0 Å². The summed E-state index contributed by atoms with van der Waals surface area (Å²) >= 11 is 3.58. The molecule has 0 radical (unpaired) electrons. The van der Waals surface area contributed by atoms with Crippen LogP contribution in [-0.4, -0.2) is 52.0 Å². The molecule has 9 heteroatoms. The van der Waals surface area contributed by atoms with E-state index in [2.05, 4.69) is 47.5 Å². The summed E-state index contributed by atoms with van der Waals surface area (Å²) in [7, 11) is 1.66. The van der Waals surface area contributed by atoms with E-state index in [4.69, 9.17) is 4.74 Å². The van der Waals surface area contributed by atoms with Crippen molar-refractivity contribution in [3.63, 3.8) is 0 Å². The Morgan fingerprint density at radius 1 is 1.31 bits per heavy atom. The molecule has 0 spiro atoms. The first kappa shape index (κ1) is 26.0. The van der Waals surface area contributed by atoms with Crippen molar-refractivity contribution in [2.24, 2.45) is 5.10 Å². The Labute approximate surface area is 220 Å². The molecule has 1 atom stereocenters. The molecule has 3 aromatic rings. The first-order valence-corrected chi connectivity index (χ1v) is 13.1. The molecule has 190 valence electrons. The molecule has 1 amide bonds. The van der Waals surface area contributed by atoms with E-state index in [9.17, 15) is 4.79 Å². The fraction of sp³-hybridized carbons (Fsp3) is 0.407. The van der Waals surface area contributed by atoms with Gasteiger partial charge in [0.05, 0.1) is 35.7 Å². The first-order valence-electron chi connectivity index (χ1n) is 12.3. The molecule has 0 saturated carbocycles. The fourth-order valence-corrected chi connectivity index (χ4v) is 4.97. The van der Waals surface area contributed by atoms with Crippen LogP contribution in [0.4, 0.5) is 0 Å². The molecule has 3 heterocycles. The zero-order chi connectivity index (χ0) is 25.5. The van der Waals surface area contributed by atoms with Crippen LogP contribution in [0.5, 0.6) is 5.75 Å². The van der Waals surface area contributed by atoms with Crippen molar-refractivity contribution < 1.29 is 9.53 Å². The summed E-state index contributed by atoms with van der Waals surface area (Å²) in [4.78, 5) is 19.2. The van der Waals surface area contributed by atoms with Gasteiger partial charge < -0.3 is 4.74 Å². The number of hydrazone groups is 1. The number of piperidine rings is 1. The van der Waals surface area contributed by atoms with Crippen molar-refractivity contribution in [3.05, 3.63) is 75.3 Å². The lowest BCUT2D eigenvalue weighted by atomic mass is 9.96. The highest BCUT2D eigenvalue weighted by atomic mass is 79.9. The Balaban J connectivity index is 1.34. The van der Waals surface area contributed by atoms with Crippen molar-refractivity contribution in [3.8, 4) is 5.75 Å². The summed E-state index contributed by atoms with van der Waals surface area (Å²) < 4.78 is 8.50. The van der Waals surface area contributed by atoms with Gasteiger partial charge in [0, 0.05) is 37.0 Å². The molecule has 1 aliphatic rings. The number of hydrogen-bond donors (Lipinski definition) is 1. The monoisotopic (exact) mass is 552 g/mol. The quantitative estimate of drug-likeness (QED) is 0.305. The van der Waals surface area contributed by atoms with Gasteiger partial charge in [-0.15, -0.1) is 0 Å². The van der Waals surface area contributed by atoms with Crippen LogP contribution in [0.15, 0.2) is 52.3 Å². The third-order valence-electron chi connectivity index (χ3n) is 6.63. The highest BCUT2D eigenvalue weighted by Crippen LogP contribution is 2.30. The highest BCUT2D eigenvalue weighted by Gasteiger charge is 2.24. The van der Waals surface area contributed by atoms with Gasteiger partial charge in [-0.2, -0.15) is 10.2 Å². The van der Waals surface area contributed by atoms with Crippen LogP contribution in [0.2, 0.25) is 0 Å². The second-order valence-electron chi connectivity index (χ2n) is 9.09.